The molecule has 5 rings (SSSR count). The van der Waals surface area contributed by atoms with Crippen molar-refractivity contribution in [2.45, 2.75) is 17.1 Å². The first-order valence-corrected chi connectivity index (χ1v) is 16.1. The Morgan fingerprint density at radius 1 is 0.909 bits per heavy atom. The molecule has 11 heteroatoms. The van der Waals surface area contributed by atoms with E-state index < -0.39 is 11.2 Å². The zero-order valence-electron chi connectivity index (χ0n) is 23.8. The van der Waals surface area contributed by atoms with Crippen molar-refractivity contribution < 1.29 is 19.1 Å². The van der Waals surface area contributed by atoms with Crippen LogP contribution in [0.2, 0.25) is 0 Å². The molecule has 0 aliphatic rings. The van der Waals surface area contributed by atoms with Gasteiger partial charge in [0.15, 0.2) is 5.13 Å². The van der Waals surface area contributed by atoms with Crippen molar-refractivity contribution in [2.24, 2.45) is 0 Å². The molecule has 0 fully saturated rings. The highest BCUT2D eigenvalue weighted by atomic mass is 32.2. The third kappa shape index (κ3) is 8.22. The van der Waals surface area contributed by atoms with Gasteiger partial charge in [-0.15, -0.1) is 34.4 Å². The molecule has 222 valence electrons. The summed E-state index contributed by atoms with van der Waals surface area (Å²) in [4.78, 5) is 45.3. The fourth-order valence-electron chi connectivity index (χ4n) is 3.99. The molecule has 0 aliphatic carbocycles. The molecule has 0 aliphatic heterocycles. The SMILES string of the molecule is COc1ccc(-c2csc(NC(=O)C(C)Sc3cccc(NC(=O)/C(=C/c4cccs4)NC(=O)c4ccccc4)c3)n2)cc1. The highest BCUT2D eigenvalue weighted by Crippen LogP contribution is 2.29. The van der Waals surface area contributed by atoms with Crippen LogP contribution in [0, 0.1) is 0 Å². The number of anilines is 2. The van der Waals surface area contributed by atoms with Crippen LogP contribution < -0.4 is 20.7 Å². The molecule has 0 radical (unpaired) electrons. The van der Waals surface area contributed by atoms with Gasteiger partial charge in [0.05, 0.1) is 18.1 Å². The van der Waals surface area contributed by atoms with Crippen LogP contribution in [-0.2, 0) is 9.59 Å². The molecule has 5 aromatic rings. The lowest BCUT2D eigenvalue weighted by Gasteiger charge is -2.13. The average Bonchev–Trinajstić information content (AvgIpc) is 3.74. The number of hydrogen-bond donors (Lipinski definition) is 3. The summed E-state index contributed by atoms with van der Waals surface area (Å²) >= 11 is 4.17. The Kier molecular flexibility index (Phi) is 10.2. The highest BCUT2D eigenvalue weighted by Gasteiger charge is 2.18. The van der Waals surface area contributed by atoms with Crippen molar-refractivity contribution >= 4 is 69.1 Å². The third-order valence-corrected chi connectivity index (χ3v) is 8.92. The molecular weight excluding hydrogens is 613 g/mol. The number of carbonyl (C=O) groups excluding carboxylic acids is 3. The first kappa shape index (κ1) is 30.7. The summed E-state index contributed by atoms with van der Waals surface area (Å²) in [6, 6.07) is 27.2. The second-order valence-electron chi connectivity index (χ2n) is 9.39. The lowest BCUT2D eigenvalue weighted by atomic mass is 10.2. The molecule has 2 heterocycles. The van der Waals surface area contributed by atoms with E-state index in [2.05, 4.69) is 20.9 Å². The second-order valence-corrected chi connectivity index (χ2v) is 12.6. The van der Waals surface area contributed by atoms with Gasteiger partial charge in [-0.05, 0) is 79.0 Å². The zero-order chi connectivity index (χ0) is 30.9. The van der Waals surface area contributed by atoms with Gasteiger partial charge in [-0.2, -0.15) is 0 Å². The maximum absolute atomic E-state index is 13.3. The van der Waals surface area contributed by atoms with Gasteiger partial charge in [0, 0.05) is 32.0 Å². The standard InChI is InChI=1S/C33H28N4O4S3/c1-21(30(38)37-33-36-29(20-43-33)22-13-15-25(41-2)16-14-22)44-27-11-6-10-24(18-27)34-32(40)28(19-26-12-7-17-42-26)35-31(39)23-8-4-3-5-9-23/h3-21H,1-2H3,(H,34,40)(H,35,39)(H,36,37,38)/b28-19-. The Morgan fingerprint density at radius 3 is 2.43 bits per heavy atom. The molecule has 1 atom stereocenters. The first-order valence-electron chi connectivity index (χ1n) is 13.5. The largest absolute Gasteiger partial charge is 0.497 e. The third-order valence-electron chi connectivity index (χ3n) is 6.25. The van der Waals surface area contributed by atoms with E-state index in [9.17, 15) is 14.4 Å². The van der Waals surface area contributed by atoms with Crippen molar-refractivity contribution in [3.8, 4) is 17.0 Å². The number of benzene rings is 3. The molecule has 44 heavy (non-hydrogen) atoms. The number of nitrogens with one attached hydrogen (secondary N) is 3. The van der Waals surface area contributed by atoms with E-state index in [1.54, 1.807) is 55.7 Å². The molecular formula is C33H28N4O4S3. The summed E-state index contributed by atoms with van der Waals surface area (Å²) in [5, 5.41) is 12.4. The predicted molar refractivity (Wildman–Crippen MR) is 179 cm³/mol. The van der Waals surface area contributed by atoms with Crippen molar-refractivity contribution in [1.82, 2.24) is 10.3 Å². The lowest BCUT2D eigenvalue weighted by Crippen LogP contribution is -2.30. The van der Waals surface area contributed by atoms with Crippen molar-refractivity contribution in [2.75, 3.05) is 17.7 Å². The number of nitrogens with zero attached hydrogens (tertiary/aromatic N) is 1. The summed E-state index contributed by atoms with van der Waals surface area (Å²) in [5.74, 6) is -0.280. The fourth-order valence-corrected chi connectivity index (χ4v) is 6.30. The molecule has 2 aromatic heterocycles. The number of aromatic nitrogens is 1. The van der Waals surface area contributed by atoms with Crippen LogP contribution in [0.5, 0.6) is 5.75 Å². The Bertz CT molecular complexity index is 1770. The molecule has 0 spiro atoms. The minimum atomic E-state index is -0.466. The maximum atomic E-state index is 13.3. The number of hydrogen-bond acceptors (Lipinski definition) is 8. The van der Waals surface area contributed by atoms with Crippen LogP contribution in [0.1, 0.15) is 22.2 Å². The van der Waals surface area contributed by atoms with Gasteiger partial charge in [0.1, 0.15) is 11.4 Å². The number of thiazole rings is 1. The minimum Gasteiger partial charge on any atom is -0.497 e. The van der Waals surface area contributed by atoms with Crippen LogP contribution in [0.4, 0.5) is 10.8 Å². The van der Waals surface area contributed by atoms with Gasteiger partial charge in [-0.25, -0.2) is 4.98 Å². The maximum Gasteiger partial charge on any atom is 0.272 e. The molecule has 0 saturated carbocycles. The van der Waals surface area contributed by atoms with Gasteiger partial charge in [-0.1, -0.05) is 30.3 Å². The molecule has 1 unspecified atom stereocenters. The summed E-state index contributed by atoms with van der Waals surface area (Å²) in [6.45, 7) is 1.81. The number of ether oxygens (including phenoxy) is 1. The number of amides is 3. The normalized spacial score (nSPS) is 11.8. The molecule has 3 amide bonds. The summed E-state index contributed by atoms with van der Waals surface area (Å²) < 4.78 is 5.21. The van der Waals surface area contributed by atoms with Crippen LogP contribution in [0.25, 0.3) is 17.3 Å². The Morgan fingerprint density at radius 2 is 1.70 bits per heavy atom. The minimum absolute atomic E-state index is 0.115. The molecule has 3 N–H and O–H groups in total. The number of carbonyl (C=O) groups is 3. The Balaban J connectivity index is 1.22. The second kappa shape index (κ2) is 14.6. The molecule has 0 bridgehead atoms. The summed E-state index contributed by atoms with van der Waals surface area (Å²) in [5.41, 5.74) is 2.78. The quantitative estimate of drug-likeness (QED) is 0.103. The van der Waals surface area contributed by atoms with Gasteiger partial charge in [0.25, 0.3) is 11.8 Å². The number of thiophene rings is 1. The van der Waals surface area contributed by atoms with Crippen molar-refractivity contribution in [3.05, 3.63) is 118 Å². The van der Waals surface area contributed by atoms with Gasteiger partial charge in [0.2, 0.25) is 5.91 Å². The monoisotopic (exact) mass is 640 g/mol. The van der Waals surface area contributed by atoms with Gasteiger partial charge in [-0.3, -0.25) is 14.4 Å². The van der Waals surface area contributed by atoms with Gasteiger partial charge < -0.3 is 20.7 Å². The predicted octanol–water partition coefficient (Wildman–Crippen LogP) is 7.41. The average molecular weight is 641 g/mol. The fraction of sp³-hybridized carbons (Fsp3) is 0.0909. The number of thioether (sulfide) groups is 1. The van der Waals surface area contributed by atoms with E-state index in [1.807, 2.05) is 66.2 Å². The van der Waals surface area contributed by atoms with E-state index in [-0.39, 0.29) is 17.5 Å². The van der Waals surface area contributed by atoms with Crippen molar-refractivity contribution in [1.29, 1.82) is 0 Å². The van der Waals surface area contributed by atoms with E-state index in [1.165, 1.54) is 34.4 Å². The zero-order valence-corrected chi connectivity index (χ0v) is 26.2. The van der Waals surface area contributed by atoms with E-state index in [0.717, 1.165) is 26.8 Å². The topological polar surface area (TPSA) is 109 Å². The Labute approximate surface area is 267 Å². The van der Waals surface area contributed by atoms with Crippen LogP contribution in [0.15, 0.2) is 112 Å². The summed E-state index contributed by atoms with van der Waals surface area (Å²) in [7, 11) is 1.62. The number of rotatable bonds is 11. The highest BCUT2D eigenvalue weighted by molar-refractivity contribution is 8.00. The van der Waals surface area contributed by atoms with Crippen LogP contribution >= 0.6 is 34.4 Å². The van der Waals surface area contributed by atoms with Gasteiger partial charge >= 0.3 is 0 Å². The van der Waals surface area contributed by atoms with E-state index >= 15 is 0 Å². The smallest absolute Gasteiger partial charge is 0.272 e. The number of methoxy groups -OCH3 is 1. The van der Waals surface area contributed by atoms with Crippen LogP contribution in [0.3, 0.4) is 0 Å². The molecule has 0 saturated heterocycles. The lowest BCUT2D eigenvalue weighted by molar-refractivity contribution is -0.115. The summed E-state index contributed by atoms with van der Waals surface area (Å²) in [6.07, 6.45) is 1.64. The molecule has 3 aromatic carbocycles. The first-order chi connectivity index (χ1) is 21.4. The van der Waals surface area contributed by atoms with E-state index in [4.69, 9.17) is 4.74 Å². The van der Waals surface area contributed by atoms with Crippen molar-refractivity contribution in [3.63, 3.8) is 0 Å². The van der Waals surface area contributed by atoms with E-state index in [0.29, 0.717) is 16.4 Å². The molecule has 8 nitrogen and oxygen atoms in total. The Hall–Kier alpha value is -4.71. The van der Waals surface area contributed by atoms with Crippen LogP contribution in [-0.4, -0.2) is 35.1 Å².